The summed E-state index contributed by atoms with van der Waals surface area (Å²) in [6, 6.07) is 10.1. The minimum Gasteiger partial charge on any atom is -0.320 e. The second-order valence-corrected chi connectivity index (χ2v) is 5.44. The Morgan fingerprint density at radius 3 is 2.61 bits per heavy atom. The topological polar surface area (TPSA) is 26.0 Å². The number of rotatable bonds is 2. The van der Waals surface area contributed by atoms with Gasteiger partial charge in [0.2, 0.25) is 0 Å². The highest BCUT2D eigenvalue weighted by atomic mass is 79.9. The highest BCUT2D eigenvalue weighted by Crippen LogP contribution is 2.28. The lowest BCUT2D eigenvalue weighted by atomic mass is 9.96. The van der Waals surface area contributed by atoms with Gasteiger partial charge < -0.3 is 5.73 Å². The highest BCUT2D eigenvalue weighted by molar-refractivity contribution is 9.10. The molecule has 1 nitrogen and oxygen atoms in total. The van der Waals surface area contributed by atoms with Crippen molar-refractivity contribution in [1.29, 1.82) is 0 Å². The van der Waals surface area contributed by atoms with Crippen LogP contribution >= 0.6 is 27.5 Å². The lowest BCUT2D eigenvalue weighted by Gasteiger charge is -2.16. The molecule has 94 valence electrons. The van der Waals surface area contributed by atoms with E-state index in [1.807, 2.05) is 25.1 Å². The van der Waals surface area contributed by atoms with Crippen molar-refractivity contribution in [3.05, 3.63) is 68.4 Å². The van der Waals surface area contributed by atoms with Crippen molar-refractivity contribution in [3.63, 3.8) is 0 Å². The van der Waals surface area contributed by atoms with Crippen LogP contribution in [0.5, 0.6) is 0 Å². The molecule has 1 unspecified atom stereocenters. The van der Waals surface area contributed by atoms with Gasteiger partial charge in [-0.05, 0) is 63.8 Å². The van der Waals surface area contributed by atoms with Gasteiger partial charge in [-0.15, -0.1) is 0 Å². The van der Waals surface area contributed by atoms with E-state index in [1.54, 1.807) is 12.1 Å². The zero-order chi connectivity index (χ0) is 13.3. The second-order valence-electron chi connectivity index (χ2n) is 4.15. The van der Waals surface area contributed by atoms with Gasteiger partial charge in [0.05, 0.1) is 10.5 Å². The summed E-state index contributed by atoms with van der Waals surface area (Å²) in [6.07, 6.45) is 0. The molecule has 4 heteroatoms. The molecule has 0 fully saturated rings. The first-order chi connectivity index (χ1) is 8.49. The van der Waals surface area contributed by atoms with Gasteiger partial charge in [0, 0.05) is 5.02 Å². The first kappa shape index (κ1) is 13.5. The van der Waals surface area contributed by atoms with E-state index in [9.17, 15) is 4.39 Å². The molecule has 2 rings (SSSR count). The molecule has 0 heterocycles. The Morgan fingerprint density at radius 1 is 1.22 bits per heavy atom. The Kier molecular flexibility index (Phi) is 4.05. The van der Waals surface area contributed by atoms with Gasteiger partial charge in [-0.2, -0.15) is 0 Å². The van der Waals surface area contributed by atoms with Crippen LogP contribution in [0.15, 0.2) is 40.9 Å². The molecule has 0 spiro atoms. The van der Waals surface area contributed by atoms with Gasteiger partial charge in [-0.3, -0.25) is 0 Å². The molecule has 2 aromatic carbocycles. The van der Waals surface area contributed by atoms with Crippen LogP contribution in [0.1, 0.15) is 22.7 Å². The maximum absolute atomic E-state index is 13.2. The molecule has 1 atom stereocenters. The smallest absolute Gasteiger partial charge is 0.137 e. The van der Waals surface area contributed by atoms with E-state index >= 15 is 0 Å². The fraction of sp³-hybridized carbons (Fsp3) is 0.143. The van der Waals surface area contributed by atoms with Crippen LogP contribution in [0.3, 0.4) is 0 Å². The molecular formula is C14H12BrClFN. The SMILES string of the molecule is Cc1ccc(Cl)cc1C(N)c1ccc(F)c(Br)c1. The van der Waals surface area contributed by atoms with E-state index in [1.165, 1.54) is 6.07 Å². The fourth-order valence-corrected chi connectivity index (χ4v) is 2.41. The lowest BCUT2D eigenvalue weighted by Crippen LogP contribution is -2.13. The highest BCUT2D eigenvalue weighted by Gasteiger charge is 2.13. The third-order valence-corrected chi connectivity index (χ3v) is 3.72. The molecule has 0 bridgehead atoms. The fourth-order valence-electron chi connectivity index (χ4n) is 1.83. The molecule has 0 aliphatic carbocycles. The van der Waals surface area contributed by atoms with Crippen molar-refractivity contribution in [2.45, 2.75) is 13.0 Å². The third kappa shape index (κ3) is 2.74. The Bertz CT molecular complexity index is 586. The van der Waals surface area contributed by atoms with Crippen LogP contribution in [0.25, 0.3) is 0 Å². The molecule has 0 amide bonds. The van der Waals surface area contributed by atoms with Gasteiger partial charge in [-0.1, -0.05) is 23.7 Å². The summed E-state index contributed by atoms with van der Waals surface area (Å²) in [5.41, 5.74) is 9.05. The minimum absolute atomic E-state index is 0.297. The molecule has 0 aliphatic heterocycles. The Morgan fingerprint density at radius 2 is 1.94 bits per heavy atom. The Labute approximate surface area is 119 Å². The van der Waals surface area contributed by atoms with Gasteiger partial charge in [-0.25, -0.2) is 4.39 Å². The molecule has 18 heavy (non-hydrogen) atoms. The van der Waals surface area contributed by atoms with E-state index < -0.39 is 0 Å². The molecule has 0 radical (unpaired) electrons. The normalized spacial score (nSPS) is 12.5. The van der Waals surface area contributed by atoms with E-state index in [0.29, 0.717) is 9.50 Å². The van der Waals surface area contributed by atoms with Crippen molar-refractivity contribution in [1.82, 2.24) is 0 Å². The summed E-state index contributed by atoms with van der Waals surface area (Å²) in [4.78, 5) is 0. The number of hydrogen-bond donors (Lipinski definition) is 1. The van der Waals surface area contributed by atoms with Crippen LogP contribution in [-0.2, 0) is 0 Å². The van der Waals surface area contributed by atoms with Gasteiger partial charge in [0.15, 0.2) is 0 Å². The standard InChI is InChI=1S/C14H12BrClFN/c1-8-2-4-10(16)7-11(8)14(18)9-3-5-13(17)12(15)6-9/h2-7,14H,18H2,1H3. The van der Waals surface area contributed by atoms with E-state index in [2.05, 4.69) is 15.9 Å². The molecule has 0 saturated heterocycles. The lowest BCUT2D eigenvalue weighted by molar-refractivity contribution is 0.619. The second kappa shape index (κ2) is 5.39. The summed E-state index contributed by atoms with van der Waals surface area (Å²) >= 11 is 9.14. The number of aryl methyl sites for hydroxylation is 1. The van der Waals surface area contributed by atoms with Crippen molar-refractivity contribution in [2.75, 3.05) is 0 Å². The number of nitrogens with two attached hydrogens (primary N) is 1. The van der Waals surface area contributed by atoms with Crippen molar-refractivity contribution >= 4 is 27.5 Å². The molecule has 2 aromatic rings. The average molecular weight is 329 g/mol. The summed E-state index contributed by atoms with van der Waals surface area (Å²) in [5.74, 6) is -0.297. The minimum atomic E-state index is -0.319. The zero-order valence-electron chi connectivity index (χ0n) is 9.75. The van der Waals surface area contributed by atoms with Crippen molar-refractivity contribution in [3.8, 4) is 0 Å². The first-order valence-electron chi connectivity index (χ1n) is 5.45. The monoisotopic (exact) mass is 327 g/mol. The Hall–Kier alpha value is -0.900. The third-order valence-electron chi connectivity index (χ3n) is 2.88. The number of halogens is 3. The molecule has 0 saturated carbocycles. The average Bonchev–Trinajstić information content (AvgIpc) is 2.35. The van der Waals surface area contributed by atoms with Gasteiger partial charge in [0.1, 0.15) is 5.82 Å². The van der Waals surface area contributed by atoms with Gasteiger partial charge in [0.25, 0.3) is 0 Å². The largest absolute Gasteiger partial charge is 0.320 e. The van der Waals surface area contributed by atoms with Crippen LogP contribution in [-0.4, -0.2) is 0 Å². The van der Waals surface area contributed by atoms with E-state index in [-0.39, 0.29) is 11.9 Å². The van der Waals surface area contributed by atoms with Crippen molar-refractivity contribution < 1.29 is 4.39 Å². The predicted molar refractivity (Wildman–Crippen MR) is 76.3 cm³/mol. The van der Waals surface area contributed by atoms with E-state index in [0.717, 1.165) is 16.7 Å². The summed E-state index contributed by atoms with van der Waals surface area (Å²) in [6.45, 7) is 1.98. The van der Waals surface area contributed by atoms with E-state index in [4.69, 9.17) is 17.3 Å². The maximum Gasteiger partial charge on any atom is 0.137 e. The van der Waals surface area contributed by atoms with Crippen LogP contribution < -0.4 is 5.73 Å². The Balaban J connectivity index is 2.44. The van der Waals surface area contributed by atoms with Gasteiger partial charge >= 0.3 is 0 Å². The number of hydrogen-bond acceptors (Lipinski definition) is 1. The van der Waals surface area contributed by atoms with Crippen LogP contribution in [0, 0.1) is 12.7 Å². The first-order valence-corrected chi connectivity index (χ1v) is 6.62. The van der Waals surface area contributed by atoms with Crippen molar-refractivity contribution in [2.24, 2.45) is 5.73 Å². The molecular weight excluding hydrogens is 317 g/mol. The van der Waals surface area contributed by atoms with Crippen LogP contribution in [0.2, 0.25) is 5.02 Å². The molecule has 0 aromatic heterocycles. The number of benzene rings is 2. The quantitative estimate of drug-likeness (QED) is 0.856. The zero-order valence-corrected chi connectivity index (χ0v) is 12.1. The molecule has 0 aliphatic rings. The summed E-state index contributed by atoms with van der Waals surface area (Å²) < 4.78 is 13.6. The summed E-state index contributed by atoms with van der Waals surface area (Å²) in [7, 11) is 0. The molecule has 2 N–H and O–H groups in total. The maximum atomic E-state index is 13.2. The summed E-state index contributed by atoms with van der Waals surface area (Å²) in [5, 5.41) is 0.646. The van der Waals surface area contributed by atoms with Crippen LogP contribution in [0.4, 0.5) is 4.39 Å². The predicted octanol–water partition coefficient (Wildman–Crippen LogP) is 4.60.